The van der Waals surface area contributed by atoms with E-state index in [0.717, 1.165) is 0 Å². The zero-order valence-corrected chi connectivity index (χ0v) is 10.4. The van der Waals surface area contributed by atoms with E-state index >= 15 is 0 Å². The Kier molecular flexibility index (Phi) is 4.74. The number of hydrogen-bond donors (Lipinski definition) is 2. The zero-order chi connectivity index (χ0) is 14.6. The number of rotatable bonds is 3. The second-order valence-electron chi connectivity index (χ2n) is 4.42. The lowest BCUT2D eigenvalue weighted by Gasteiger charge is -2.12. The van der Waals surface area contributed by atoms with Gasteiger partial charge in [0.2, 0.25) is 0 Å². The van der Waals surface area contributed by atoms with Crippen molar-refractivity contribution in [3.05, 3.63) is 29.6 Å². The topological polar surface area (TPSA) is 41.1 Å². The van der Waals surface area contributed by atoms with Gasteiger partial charge in [-0.2, -0.15) is 13.2 Å². The van der Waals surface area contributed by atoms with Gasteiger partial charge in [0.05, 0.1) is 11.3 Å². The number of anilines is 1. The molecule has 0 saturated carbocycles. The van der Waals surface area contributed by atoms with Crippen LogP contribution < -0.4 is 10.6 Å². The number of benzene rings is 1. The van der Waals surface area contributed by atoms with Gasteiger partial charge in [-0.05, 0) is 24.1 Å². The maximum atomic E-state index is 13.3. The molecule has 0 aliphatic heterocycles. The molecule has 0 bridgehead atoms. The van der Waals surface area contributed by atoms with Gasteiger partial charge in [-0.3, -0.25) is 0 Å². The molecule has 2 amide bonds. The Morgan fingerprint density at radius 1 is 1.32 bits per heavy atom. The third-order valence-corrected chi connectivity index (χ3v) is 2.21. The molecule has 3 nitrogen and oxygen atoms in total. The van der Waals surface area contributed by atoms with Crippen LogP contribution in [0.2, 0.25) is 0 Å². The van der Waals surface area contributed by atoms with Gasteiger partial charge in [0.15, 0.2) is 0 Å². The summed E-state index contributed by atoms with van der Waals surface area (Å²) in [5.74, 6) is -0.746. The maximum Gasteiger partial charge on any atom is 0.416 e. The van der Waals surface area contributed by atoms with E-state index in [1.807, 2.05) is 13.8 Å². The first-order valence-electron chi connectivity index (χ1n) is 5.61. The largest absolute Gasteiger partial charge is 0.416 e. The summed E-state index contributed by atoms with van der Waals surface area (Å²) in [5, 5.41) is 4.47. The Morgan fingerprint density at radius 2 is 1.95 bits per heavy atom. The smallest absolute Gasteiger partial charge is 0.338 e. The third-order valence-electron chi connectivity index (χ3n) is 2.21. The van der Waals surface area contributed by atoms with Crippen LogP contribution in [0.5, 0.6) is 0 Å². The van der Waals surface area contributed by atoms with Crippen LogP contribution in [-0.2, 0) is 6.18 Å². The molecule has 0 radical (unpaired) electrons. The molecule has 0 unspecified atom stereocenters. The van der Waals surface area contributed by atoms with E-state index in [-0.39, 0.29) is 5.92 Å². The average molecular weight is 278 g/mol. The maximum absolute atomic E-state index is 13.3. The van der Waals surface area contributed by atoms with Crippen molar-refractivity contribution < 1.29 is 22.4 Å². The van der Waals surface area contributed by atoms with E-state index in [1.54, 1.807) is 0 Å². The van der Waals surface area contributed by atoms with E-state index in [2.05, 4.69) is 10.6 Å². The molecule has 0 aliphatic carbocycles. The molecule has 0 spiro atoms. The summed E-state index contributed by atoms with van der Waals surface area (Å²) in [6, 6.07) is 1.10. The summed E-state index contributed by atoms with van der Waals surface area (Å²) in [4.78, 5) is 11.4. The molecular formula is C12H14F4N2O. The number of amides is 2. The van der Waals surface area contributed by atoms with Crippen molar-refractivity contribution in [2.75, 3.05) is 11.9 Å². The lowest BCUT2D eigenvalue weighted by molar-refractivity contribution is -0.137. The minimum atomic E-state index is -4.58. The monoisotopic (exact) mass is 278 g/mol. The van der Waals surface area contributed by atoms with Gasteiger partial charge in [-0.15, -0.1) is 0 Å². The highest BCUT2D eigenvalue weighted by molar-refractivity contribution is 5.89. The molecular weight excluding hydrogens is 264 g/mol. The van der Waals surface area contributed by atoms with E-state index in [4.69, 9.17) is 0 Å². The first kappa shape index (κ1) is 15.3. The second-order valence-corrected chi connectivity index (χ2v) is 4.42. The van der Waals surface area contributed by atoms with Crippen molar-refractivity contribution in [3.63, 3.8) is 0 Å². The first-order chi connectivity index (χ1) is 8.70. The fourth-order valence-corrected chi connectivity index (χ4v) is 1.26. The highest BCUT2D eigenvalue weighted by Gasteiger charge is 2.31. The number of carbonyl (C=O) groups is 1. The predicted molar refractivity (Wildman–Crippen MR) is 63.3 cm³/mol. The van der Waals surface area contributed by atoms with Crippen molar-refractivity contribution >= 4 is 11.7 Å². The number of nitrogens with one attached hydrogen (secondary N) is 2. The third kappa shape index (κ3) is 4.76. The van der Waals surface area contributed by atoms with Crippen molar-refractivity contribution in [1.29, 1.82) is 0 Å². The highest BCUT2D eigenvalue weighted by atomic mass is 19.4. The fraction of sp³-hybridized carbons (Fsp3) is 0.417. The van der Waals surface area contributed by atoms with E-state index in [9.17, 15) is 22.4 Å². The van der Waals surface area contributed by atoms with Crippen LogP contribution >= 0.6 is 0 Å². The molecule has 0 saturated heterocycles. The molecule has 19 heavy (non-hydrogen) atoms. The lowest BCUT2D eigenvalue weighted by Crippen LogP contribution is -2.32. The average Bonchev–Trinajstić information content (AvgIpc) is 2.28. The number of hydrogen-bond acceptors (Lipinski definition) is 1. The molecule has 0 aromatic heterocycles. The molecule has 1 aromatic carbocycles. The zero-order valence-electron chi connectivity index (χ0n) is 10.4. The van der Waals surface area contributed by atoms with Crippen molar-refractivity contribution in [1.82, 2.24) is 5.32 Å². The van der Waals surface area contributed by atoms with Crippen molar-refractivity contribution in [3.8, 4) is 0 Å². The normalized spacial score (nSPS) is 11.5. The van der Waals surface area contributed by atoms with Gasteiger partial charge < -0.3 is 10.6 Å². The fourth-order valence-electron chi connectivity index (χ4n) is 1.26. The van der Waals surface area contributed by atoms with Gasteiger partial charge in [0.25, 0.3) is 0 Å². The van der Waals surface area contributed by atoms with Gasteiger partial charge >= 0.3 is 12.2 Å². The van der Waals surface area contributed by atoms with Crippen LogP contribution in [0, 0.1) is 11.7 Å². The minimum absolute atomic E-state index is 0.178. The highest BCUT2D eigenvalue weighted by Crippen LogP contribution is 2.31. The van der Waals surface area contributed by atoms with Crippen LogP contribution in [0.4, 0.5) is 28.0 Å². The summed E-state index contributed by atoms with van der Waals surface area (Å²) >= 11 is 0. The summed E-state index contributed by atoms with van der Waals surface area (Å²) < 4.78 is 50.6. The van der Waals surface area contributed by atoms with E-state index in [0.29, 0.717) is 24.7 Å². The number of halogens is 4. The molecule has 0 heterocycles. The number of alkyl halides is 3. The summed E-state index contributed by atoms with van der Waals surface area (Å²) in [5.41, 5.74) is -1.52. The van der Waals surface area contributed by atoms with Gasteiger partial charge in [0, 0.05) is 6.54 Å². The molecule has 1 aromatic rings. The summed E-state index contributed by atoms with van der Waals surface area (Å²) in [6.45, 7) is 4.04. The Bertz CT molecular complexity index is 458. The van der Waals surface area contributed by atoms with Gasteiger partial charge in [0.1, 0.15) is 5.82 Å². The SMILES string of the molecule is CC(C)CNC(=O)Nc1cc(C(F)(F)F)ccc1F. The van der Waals surface area contributed by atoms with Crippen molar-refractivity contribution in [2.45, 2.75) is 20.0 Å². The van der Waals surface area contributed by atoms with Crippen LogP contribution in [0.15, 0.2) is 18.2 Å². The Hall–Kier alpha value is -1.79. The summed E-state index contributed by atoms with van der Waals surface area (Å²) in [7, 11) is 0. The second kappa shape index (κ2) is 5.90. The Balaban J connectivity index is 2.80. The molecule has 2 N–H and O–H groups in total. The molecule has 7 heteroatoms. The van der Waals surface area contributed by atoms with Crippen LogP contribution in [-0.4, -0.2) is 12.6 Å². The molecule has 0 aliphatic rings. The minimum Gasteiger partial charge on any atom is -0.338 e. The Labute approximate surface area is 108 Å². The lowest BCUT2D eigenvalue weighted by atomic mass is 10.2. The predicted octanol–water partition coefficient (Wildman–Crippen LogP) is 3.62. The molecule has 0 fully saturated rings. The van der Waals surface area contributed by atoms with Gasteiger partial charge in [-0.25, -0.2) is 9.18 Å². The first-order valence-corrected chi connectivity index (χ1v) is 5.61. The standard InChI is InChI=1S/C12H14F4N2O/c1-7(2)6-17-11(19)18-10-5-8(12(14,15)16)3-4-9(10)13/h3-5,7H,6H2,1-2H3,(H2,17,18,19). The van der Waals surface area contributed by atoms with Crippen molar-refractivity contribution in [2.24, 2.45) is 5.92 Å². The van der Waals surface area contributed by atoms with Crippen LogP contribution in [0.25, 0.3) is 0 Å². The Morgan fingerprint density at radius 3 is 2.47 bits per heavy atom. The number of urea groups is 1. The van der Waals surface area contributed by atoms with Gasteiger partial charge in [-0.1, -0.05) is 13.8 Å². The van der Waals surface area contributed by atoms with Crippen LogP contribution in [0.1, 0.15) is 19.4 Å². The number of carbonyl (C=O) groups excluding carboxylic acids is 1. The molecule has 106 valence electrons. The van der Waals surface area contributed by atoms with E-state index in [1.165, 1.54) is 0 Å². The van der Waals surface area contributed by atoms with Crippen LogP contribution in [0.3, 0.4) is 0 Å². The quantitative estimate of drug-likeness (QED) is 0.815. The molecule has 1 rings (SSSR count). The van der Waals surface area contributed by atoms with E-state index < -0.39 is 29.3 Å². The molecule has 0 atom stereocenters. The summed E-state index contributed by atoms with van der Waals surface area (Å²) in [6.07, 6.45) is -4.58.